The molecule has 2 aromatic rings. The minimum Gasteiger partial charge on any atom is -0.398 e. The Hall–Kier alpha value is -1.55. The summed E-state index contributed by atoms with van der Waals surface area (Å²) in [4.78, 5) is 11.9. The van der Waals surface area contributed by atoms with Crippen molar-refractivity contribution in [2.75, 3.05) is 5.73 Å². The Kier molecular flexibility index (Phi) is 2.83. The van der Waals surface area contributed by atoms with Crippen LogP contribution in [0.15, 0.2) is 23.6 Å². The summed E-state index contributed by atoms with van der Waals surface area (Å²) in [7, 11) is 0. The van der Waals surface area contributed by atoms with Crippen molar-refractivity contribution in [2.24, 2.45) is 0 Å². The van der Waals surface area contributed by atoms with Crippen LogP contribution < -0.4 is 11.1 Å². The van der Waals surface area contributed by atoms with E-state index in [2.05, 4.69) is 5.32 Å². The van der Waals surface area contributed by atoms with Crippen LogP contribution >= 0.6 is 11.3 Å². The number of anilines is 1. The number of nitrogens with two attached hydrogens (primary N) is 1. The molecule has 0 unspecified atom stereocenters. The van der Waals surface area contributed by atoms with Crippen LogP contribution in [0.3, 0.4) is 0 Å². The van der Waals surface area contributed by atoms with Crippen LogP contribution in [0, 0.1) is 0 Å². The van der Waals surface area contributed by atoms with Crippen molar-refractivity contribution in [3.05, 3.63) is 29.1 Å². The summed E-state index contributed by atoms with van der Waals surface area (Å²) >= 11 is 1.51. The number of benzene rings is 1. The van der Waals surface area contributed by atoms with Crippen LogP contribution in [0.5, 0.6) is 0 Å². The number of rotatable bonds is 2. The third-order valence-corrected chi connectivity index (χ3v) is 3.34. The van der Waals surface area contributed by atoms with Crippen LogP contribution in [-0.2, 0) is 0 Å². The molecule has 0 saturated carbocycles. The summed E-state index contributed by atoms with van der Waals surface area (Å²) in [6, 6.07) is 5.79. The molecule has 0 atom stereocenters. The zero-order valence-electron chi connectivity index (χ0n) is 9.28. The van der Waals surface area contributed by atoms with Gasteiger partial charge in [0.2, 0.25) is 0 Å². The molecule has 0 aliphatic carbocycles. The van der Waals surface area contributed by atoms with Crippen LogP contribution in [0.2, 0.25) is 0 Å². The third-order valence-electron chi connectivity index (χ3n) is 2.29. The standard InChI is InChI=1S/C12H14N2OS/c1-7(2)14-12(15)9-6-16-11-8(9)4-3-5-10(11)13/h3-7H,13H2,1-2H3,(H,14,15). The van der Waals surface area contributed by atoms with Gasteiger partial charge in [-0.1, -0.05) is 12.1 Å². The maximum absolute atomic E-state index is 11.9. The predicted octanol–water partition coefficient (Wildman–Crippen LogP) is 2.62. The Morgan fingerprint density at radius 1 is 1.44 bits per heavy atom. The fourth-order valence-electron chi connectivity index (χ4n) is 1.60. The molecule has 0 radical (unpaired) electrons. The Morgan fingerprint density at radius 3 is 2.88 bits per heavy atom. The van der Waals surface area contributed by atoms with Gasteiger partial charge in [-0.15, -0.1) is 11.3 Å². The Labute approximate surface area is 98.3 Å². The lowest BCUT2D eigenvalue weighted by Crippen LogP contribution is -2.29. The zero-order chi connectivity index (χ0) is 11.7. The molecule has 1 heterocycles. The number of carbonyl (C=O) groups is 1. The van der Waals surface area contributed by atoms with Gasteiger partial charge in [-0.3, -0.25) is 4.79 Å². The summed E-state index contributed by atoms with van der Waals surface area (Å²) in [5, 5.41) is 5.68. The third kappa shape index (κ3) is 1.88. The van der Waals surface area contributed by atoms with Crippen LogP contribution in [-0.4, -0.2) is 11.9 Å². The number of carbonyl (C=O) groups excluding carboxylic acids is 1. The van der Waals surface area contributed by atoms with E-state index in [1.54, 1.807) is 0 Å². The zero-order valence-corrected chi connectivity index (χ0v) is 10.1. The molecular weight excluding hydrogens is 220 g/mol. The normalized spacial score (nSPS) is 10.9. The number of thiophene rings is 1. The van der Waals surface area contributed by atoms with Gasteiger partial charge in [0, 0.05) is 22.5 Å². The molecule has 0 aliphatic heterocycles. The first kappa shape index (κ1) is 11.0. The maximum atomic E-state index is 11.9. The number of hydrogen-bond acceptors (Lipinski definition) is 3. The quantitative estimate of drug-likeness (QED) is 0.785. The molecule has 4 heteroatoms. The van der Waals surface area contributed by atoms with Crippen molar-refractivity contribution in [3.63, 3.8) is 0 Å². The van der Waals surface area contributed by atoms with Gasteiger partial charge in [-0.25, -0.2) is 0 Å². The van der Waals surface area contributed by atoms with Crippen molar-refractivity contribution in [3.8, 4) is 0 Å². The molecule has 16 heavy (non-hydrogen) atoms. The molecule has 1 aromatic carbocycles. The van der Waals surface area contributed by atoms with Gasteiger partial charge >= 0.3 is 0 Å². The summed E-state index contributed by atoms with van der Waals surface area (Å²) in [6.07, 6.45) is 0. The number of amides is 1. The number of nitrogens with one attached hydrogen (secondary N) is 1. The second-order valence-electron chi connectivity index (χ2n) is 4.00. The molecular formula is C12H14N2OS. The van der Waals surface area contributed by atoms with Gasteiger partial charge in [0.05, 0.1) is 10.3 Å². The fraction of sp³-hybridized carbons (Fsp3) is 0.250. The van der Waals surface area contributed by atoms with Gasteiger partial charge in [0.25, 0.3) is 5.91 Å². The van der Waals surface area contributed by atoms with Crippen molar-refractivity contribution in [1.29, 1.82) is 0 Å². The van der Waals surface area contributed by atoms with E-state index in [4.69, 9.17) is 5.73 Å². The second kappa shape index (κ2) is 4.14. The Balaban J connectivity index is 2.46. The summed E-state index contributed by atoms with van der Waals surface area (Å²) in [5.41, 5.74) is 7.29. The highest BCUT2D eigenvalue weighted by molar-refractivity contribution is 7.18. The average molecular weight is 234 g/mol. The average Bonchev–Trinajstić information content (AvgIpc) is 2.61. The SMILES string of the molecule is CC(C)NC(=O)c1csc2c(N)cccc12. The van der Waals surface area contributed by atoms with Gasteiger partial charge in [0.1, 0.15) is 0 Å². The minimum atomic E-state index is -0.0353. The number of hydrogen-bond donors (Lipinski definition) is 2. The van der Waals surface area contributed by atoms with E-state index in [0.717, 1.165) is 15.8 Å². The molecule has 0 bridgehead atoms. The molecule has 2 rings (SSSR count). The van der Waals surface area contributed by atoms with Crippen molar-refractivity contribution in [2.45, 2.75) is 19.9 Å². The topological polar surface area (TPSA) is 55.1 Å². The van der Waals surface area contributed by atoms with Crippen molar-refractivity contribution >= 4 is 33.0 Å². The van der Waals surface area contributed by atoms with Gasteiger partial charge in [-0.05, 0) is 19.9 Å². The second-order valence-corrected chi connectivity index (χ2v) is 4.88. The van der Waals surface area contributed by atoms with E-state index in [0.29, 0.717) is 5.56 Å². The van der Waals surface area contributed by atoms with E-state index in [-0.39, 0.29) is 11.9 Å². The van der Waals surface area contributed by atoms with Crippen LogP contribution in [0.1, 0.15) is 24.2 Å². The first-order valence-electron chi connectivity index (χ1n) is 5.16. The minimum absolute atomic E-state index is 0.0353. The molecule has 0 spiro atoms. The largest absolute Gasteiger partial charge is 0.398 e. The van der Waals surface area contributed by atoms with Crippen molar-refractivity contribution in [1.82, 2.24) is 5.32 Å². The number of nitrogen functional groups attached to an aromatic ring is 1. The lowest BCUT2D eigenvalue weighted by Gasteiger charge is -2.07. The highest BCUT2D eigenvalue weighted by atomic mass is 32.1. The molecule has 0 saturated heterocycles. The molecule has 1 aromatic heterocycles. The molecule has 3 N–H and O–H groups in total. The molecule has 1 amide bonds. The molecule has 84 valence electrons. The summed E-state index contributed by atoms with van der Waals surface area (Å²) in [6.45, 7) is 3.89. The Morgan fingerprint density at radius 2 is 2.19 bits per heavy atom. The maximum Gasteiger partial charge on any atom is 0.252 e. The molecule has 3 nitrogen and oxygen atoms in total. The van der Waals surface area contributed by atoms with Gasteiger partial charge in [-0.2, -0.15) is 0 Å². The van der Waals surface area contributed by atoms with Crippen LogP contribution in [0.4, 0.5) is 5.69 Å². The molecule has 0 aliphatic rings. The number of fused-ring (bicyclic) bond motifs is 1. The first-order chi connectivity index (χ1) is 7.59. The Bertz CT molecular complexity index is 531. The van der Waals surface area contributed by atoms with E-state index in [1.165, 1.54) is 11.3 Å². The van der Waals surface area contributed by atoms with Crippen molar-refractivity contribution < 1.29 is 4.79 Å². The smallest absolute Gasteiger partial charge is 0.252 e. The first-order valence-corrected chi connectivity index (χ1v) is 6.04. The highest BCUT2D eigenvalue weighted by Gasteiger charge is 2.13. The monoisotopic (exact) mass is 234 g/mol. The van der Waals surface area contributed by atoms with Crippen LogP contribution in [0.25, 0.3) is 10.1 Å². The lowest BCUT2D eigenvalue weighted by molar-refractivity contribution is 0.0945. The highest BCUT2D eigenvalue weighted by Crippen LogP contribution is 2.30. The summed E-state index contributed by atoms with van der Waals surface area (Å²) in [5.74, 6) is -0.0353. The van der Waals surface area contributed by atoms with E-state index in [9.17, 15) is 4.79 Å². The molecule has 0 fully saturated rings. The summed E-state index contributed by atoms with van der Waals surface area (Å²) < 4.78 is 0.983. The van der Waals surface area contributed by atoms with Gasteiger partial charge < -0.3 is 11.1 Å². The van der Waals surface area contributed by atoms with E-state index >= 15 is 0 Å². The lowest BCUT2D eigenvalue weighted by atomic mass is 10.1. The van der Waals surface area contributed by atoms with E-state index in [1.807, 2.05) is 37.4 Å². The fourth-order valence-corrected chi connectivity index (χ4v) is 2.57. The van der Waals surface area contributed by atoms with E-state index < -0.39 is 0 Å². The van der Waals surface area contributed by atoms with Gasteiger partial charge in [0.15, 0.2) is 0 Å². The predicted molar refractivity (Wildman–Crippen MR) is 68.8 cm³/mol.